The third kappa shape index (κ3) is 4.18. The lowest BCUT2D eigenvalue weighted by atomic mass is 10.3. The highest BCUT2D eigenvalue weighted by molar-refractivity contribution is 5.34. The van der Waals surface area contributed by atoms with Crippen molar-refractivity contribution in [2.24, 2.45) is 0 Å². The summed E-state index contributed by atoms with van der Waals surface area (Å²) >= 11 is 0. The van der Waals surface area contributed by atoms with E-state index in [9.17, 15) is 0 Å². The smallest absolute Gasteiger partial charge is 0.148 e. The van der Waals surface area contributed by atoms with Crippen LogP contribution in [-0.2, 0) is 4.74 Å². The summed E-state index contributed by atoms with van der Waals surface area (Å²) in [5.74, 6) is 0.803. The van der Waals surface area contributed by atoms with Crippen molar-refractivity contribution < 1.29 is 4.74 Å². The molecular weight excluding hydrogens is 178 g/mol. The molecule has 78 valence electrons. The second kappa shape index (κ2) is 5.54. The molecule has 0 aliphatic carbocycles. The number of nitrogens with one attached hydrogen (secondary N) is 1. The van der Waals surface area contributed by atoms with Gasteiger partial charge < -0.3 is 10.1 Å². The molecule has 1 N–H and O–H groups in total. The first-order valence-electron chi connectivity index (χ1n) is 4.83. The van der Waals surface area contributed by atoms with Gasteiger partial charge >= 0.3 is 0 Å². The first kappa shape index (κ1) is 10.9. The Labute approximate surface area is 84.7 Å². The van der Waals surface area contributed by atoms with Gasteiger partial charge in [0.1, 0.15) is 5.82 Å². The van der Waals surface area contributed by atoms with Crippen molar-refractivity contribution in [1.29, 1.82) is 0 Å². The van der Waals surface area contributed by atoms with E-state index in [-0.39, 0.29) is 6.10 Å². The molecule has 0 bridgehead atoms. The van der Waals surface area contributed by atoms with Gasteiger partial charge in [0.05, 0.1) is 18.9 Å². The summed E-state index contributed by atoms with van der Waals surface area (Å²) in [5, 5.41) is 10.9. The van der Waals surface area contributed by atoms with E-state index in [1.54, 1.807) is 6.20 Å². The molecule has 0 aromatic carbocycles. The number of anilines is 1. The van der Waals surface area contributed by atoms with Crippen molar-refractivity contribution in [3.8, 4) is 0 Å². The van der Waals surface area contributed by atoms with E-state index in [1.807, 2.05) is 26.8 Å². The number of ether oxygens (including phenoxy) is 1. The van der Waals surface area contributed by atoms with Crippen molar-refractivity contribution in [3.63, 3.8) is 0 Å². The Balaban J connectivity index is 2.25. The molecule has 0 fully saturated rings. The fourth-order valence-electron chi connectivity index (χ4n) is 1.02. The second-order valence-electron chi connectivity index (χ2n) is 3.46. The maximum atomic E-state index is 5.38. The van der Waals surface area contributed by atoms with Gasteiger partial charge in [-0.3, -0.25) is 0 Å². The van der Waals surface area contributed by atoms with Crippen LogP contribution >= 0.6 is 0 Å². The minimum Gasteiger partial charge on any atom is -0.377 e. The first-order valence-corrected chi connectivity index (χ1v) is 4.83. The molecule has 0 radical (unpaired) electrons. The summed E-state index contributed by atoms with van der Waals surface area (Å²) in [6.45, 7) is 7.48. The molecule has 0 saturated heterocycles. The van der Waals surface area contributed by atoms with Crippen LogP contribution in [0.15, 0.2) is 12.3 Å². The van der Waals surface area contributed by atoms with E-state index >= 15 is 0 Å². The Kier molecular flexibility index (Phi) is 4.32. The lowest BCUT2D eigenvalue weighted by molar-refractivity contribution is 0.0870. The number of hydrogen-bond donors (Lipinski definition) is 1. The number of aryl methyl sites for hydroxylation is 1. The van der Waals surface area contributed by atoms with Gasteiger partial charge in [-0.05, 0) is 32.4 Å². The molecule has 0 saturated carbocycles. The predicted octanol–water partition coefficient (Wildman–Crippen LogP) is 1.62. The van der Waals surface area contributed by atoms with Gasteiger partial charge in [-0.15, -0.1) is 5.10 Å². The molecule has 0 atom stereocenters. The standard InChI is InChI=1S/C10H17N3O/c1-8(2)14-5-4-11-10-6-9(3)7-12-13-10/h6-8H,4-5H2,1-3H3,(H,11,13). The van der Waals surface area contributed by atoms with Crippen LogP contribution in [0.2, 0.25) is 0 Å². The fraction of sp³-hybridized carbons (Fsp3) is 0.600. The quantitative estimate of drug-likeness (QED) is 0.725. The van der Waals surface area contributed by atoms with E-state index < -0.39 is 0 Å². The lowest BCUT2D eigenvalue weighted by Gasteiger charge is -2.08. The highest BCUT2D eigenvalue weighted by Crippen LogP contribution is 2.02. The second-order valence-corrected chi connectivity index (χ2v) is 3.46. The van der Waals surface area contributed by atoms with Crippen LogP contribution < -0.4 is 5.32 Å². The van der Waals surface area contributed by atoms with E-state index in [4.69, 9.17) is 4.74 Å². The molecule has 0 aliphatic heterocycles. The highest BCUT2D eigenvalue weighted by atomic mass is 16.5. The monoisotopic (exact) mass is 195 g/mol. The third-order valence-electron chi connectivity index (χ3n) is 1.65. The average molecular weight is 195 g/mol. The van der Waals surface area contributed by atoms with Gasteiger partial charge in [-0.2, -0.15) is 5.10 Å². The maximum Gasteiger partial charge on any atom is 0.148 e. The van der Waals surface area contributed by atoms with Gasteiger partial charge in [0.25, 0.3) is 0 Å². The van der Waals surface area contributed by atoms with Crippen molar-refractivity contribution in [1.82, 2.24) is 10.2 Å². The zero-order chi connectivity index (χ0) is 10.4. The number of hydrogen-bond acceptors (Lipinski definition) is 4. The van der Waals surface area contributed by atoms with Gasteiger partial charge in [0.15, 0.2) is 0 Å². The molecular formula is C10H17N3O. The summed E-state index contributed by atoms with van der Waals surface area (Å²) in [4.78, 5) is 0. The normalized spacial score (nSPS) is 10.6. The summed E-state index contributed by atoms with van der Waals surface area (Å²) < 4.78 is 5.38. The first-order chi connectivity index (χ1) is 6.68. The SMILES string of the molecule is Cc1cnnc(NCCOC(C)C)c1. The van der Waals surface area contributed by atoms with Crippen molar-refractivity contribution in [3.05, 3.63) is 17.8 Å². The minimum absolute atomic E-state index is 0.278. The molecule has 0 amide bonds. The predicted molar refractivity (Wildman–Crippen MR) is 56.3 cm³/mol. The molecule has 0 spiro atoms. The topological polar surface area (TPSA) is 47.0 Å². The molecule has 0 unspecified atom stereocenters. The molecule has 0 aliphatic rings. The van der Waals surface area contributed by atoms with Crippen LogP contribution in [0, 0.1) is 6.92 Å². The Morgan fingerprint density at radius 1 is 1.50 bits per heavy atom. The van der Waals surface area contributed by atoms with E-state index in [0.717, 1.165) is 17.9 Å². The molecule has 14 heavy (non-hydrogen) atoms. The van der Waals surface area contributed by atoms with Gasteiger partial charge in [-0.25, -0.2) is 0 Å². The van der Waals surface area contributed by atoms with Crippen LogP contribution in [0.5, 0.6) is 0 Å². The van der Waals surface area contributed by atoms with Crippen LogP contribution in [-0.4, -0.2) is 29.5 Å². The van der Waals surface area contributed by atoms with E-state index in [2.05, 4.69) is 15.5 Å². The molecule has 1 aromatic rings. The van der Waals surface area contributed by atoms with Crippen LogP contribution in [0.4, 0.5) is 5.82 Å². The number of nitrogens with zero attached hydrogens (tertiary/aromatic N) is 2. The van der Waals surface area contributed by atoms with Crippen molar-refractivity contribution >= 4 is 5.82 Å². The summed E-state index contributed by atoms with van der Waals surface area (Å²) in [6.07, 6.45) is 2.01. The minimum atomic E-state index is 0.278. The molecule has 4 nitrogen and oxygen atoms in total. The van der Waals surface area contributed by atoms with Gasteiger partial charge in [-0.1, -0.05) is 0 Å². The largest absolute Gasteiger partial charge is 0.377 e. The average Bonchev–Trinajstić information content (AvgIpc) is 2.12. The van der Waals surface area contributed by atoms with Gasteiger partial charge in [0, 0.05) is 6.54 Å². The third-order valence-corrected chi connectivity index (χ3v) is 1.65. The number of aromatic nitrogens is 2. The fourth-order valence-corrected chi connectivity index (χ4v) is 1.02. The zero-order valence-corrected chi connectivity index (χ0v) is 8.95. The van der Waals surface area contributed by atoms with Crippen LogP contribution in [0.25, 0.3) is 0 Å². The van der Waals surface area contributed by atoms with Gasteiger partial charge in [0.2, 0.25) is 0 Å². The Hall–Kier alpha value is -1.16. The Morgan fingerprint density at radius 2 is 2.29 bits per heavy atom. The highest BCUT2D eigenvalue weighted by Gasteiger charge is 1.95. The zero-order valence-electron chi connectivity index (χ0n) is 8.95. The summed E-state index contributed by atoms with van der Waals surface area (Å²) in [6, 6.07) is 1.96. The van der Waals surface area contributed by atoms with Crippen LogP contribution in [0.3, 0.4) is 0 Å². The number of rotatable bonds is 5. The molecule has 1 aromatic heterocycles. The molecule has 1 rings (SSSR count). The van der Waals surface area contributed by atoms with Crippen molar-refractivity contribution in [2.75, 3.05) is 18.5 Å². The van der Waals surface area contributed by atoms with E-state index in [1.165, 1.54) is 0 Å². The summed E-state index contributed by atoms with van der Waals surface area (Å²) in [7, 11) is 0. The Morgan fingerprint density at radius 3 is 2.93 bits per heavy atom. The van der Waals surface area contributed by atoms with E-state index in [0.29, 0.717) is 6.61 Å². The Bertz CT molecular complexity index is 276. The maximum absolute atomic E-state index is 5.38. The molecule has 4 heteroatoms. The molecule has 1 heterocycles. The lowest BCUT2D eigenvalue weighted by Crippen LogP contribution is -2.14. The van der Waals surface area contributed by atoms with Crippen molar-refractivity contribution in [2.45, 2.75) is 26.9 Å². The summed E-state index contributed by atoms with van der Waals surface area (Å²) in [5.41, 5.74) is 1.10. The van der Waals surface area contributed by atoms with Crippen LogP contribution in [0.1, 0.15) is 19.4 Å².